The van der Waals surface area contributed by atoms with Crippen molar-refractivity contribution in [3.63, 3.8) is 0 Å². The Morgan fingerprint density at radius 1 is 1.35 bits per heavy atom. The molecule has 0 fully saturated rings. The van der Waals surface area contributed by atoms with Crippen LogP contribution in [0.2, 0.25) is 5.02 Å². The highest BCUT2D eigenvalue weighted by molar-refractivity contribution is 7.89. The van der Waals surface area contributed by atoms with Crippen molar-refractivity contribution in [2.24, 2.45) is 5.73 Å². The maximum absolute atomic E-state index is 14.2. The molecule has 0 heterocycles. The molecule has 0 atom stereocenters. The zero-order chi connectivity index (χ0) is 17.8. The van der Waals surface area contributed by atoms with Gasteiger partial charge in [0, 0.05) is 25.1 Å². The normalized spacial score (nSPS) is 12.3. The second kappa shape index (κ2) is 7.57. The van der Waals surface area contributed by atoms with Crippen LogP contribution in [0.25, 0.3) is 0 Å². The molecule has 0 radical (unpaired) electrons. The highest BCUT2D eigenvalue weighted by atomic mass is 35.5. The summed E-state index contributed by atoms with van der Waals surface area (Å²) in [5, 5.41) is 2.25. The fourth-order valence-corrected chi connectivity index (χ4v) is 4.00. The van der Waals surface area contributed by atoms with E-state index >= 15 is 0 Å². The Morgan fingerprint density at radius 3 is 2.35 bits per heavy atom. The smallest absolute Gasteiger partial charge is 0.244 e. The summed E-state index contributed by atoms with van der Waals surface area (Å²) in [4.78, 5) is 10.4. The number of benzene rings is 1. The van der Waals surface area contributed by atoms with Crippen LogP contribution in [0.3, 0.4) is 0 Å². The number of nitrogens with one attached hydrogen (secondary N) is 2. The molecule has 0 aliphatic rings. The molecular formula is C14H21ClFN3O3S. The van der Waals surface area contributed by atoms with E-state index in [0.29, 0.717) is 12.8 Å². The Bertz CT molecular complexity index is 682. The minimum atomic E-state index is -4.15. The number of hydrogen-bond donors (Lipinski definition) is 3. The second-order valence-corrected chi connectivity index (χ2v) is 7.30. The van der Waals surface area contributed by atoms with Crippen molar-refractivity contribution in [3.8, 4) is 0 Å². The fourth-order valence-electron chi connectivity index (χ4n) is 2.08. The van der Waals surface area contributed by atoms with Gasteiger partial charge in [0.05, 0.1) is 10.7 Å². The van der Waals surface area contributed by atoms with E-state index in [2.05, 4.69) is 10.0 Å². The summed E-state index contributed by atoms with van der Waals surface area (Å²) in [6, 6.07) is 1.84. The van der Waals surface area contributed by atoms with E-state index in [1.165, 1.54) is 6.92 Å². The van der Waals surface area contributed by atoms with Gasteiger partial charge in [-0.3, -0.25) is 4.79 Å². The first kappa shape index (κ1) is 19.8. The number of amides is 1. The monoisotopic (exact) mass is 365 g/mol. The van der Waals surface area contributed by atoms with Crippen molar-refractivity contribution in [2.45, 2.75) is 44.0 Å². The summed E-state index contributed by atoms with van der Waals surface area (Å²) >= 11 is 5.93. The van der Waals surface area contributed by atoms with Crippen LogP contribution in [0.1, 0.15) is 33.6 Å². The van der Waals surface area contributed by atoms with Crippen LogP contribution in [0.5, 0.6) is 0 Å². The van der Waals surface area contributed by atoms with Crippen LogP contribution in [-0.2, 0) is 14.8 Å². The largest absolute Gasteiger partial charge is 0.329 e. The van der Waals surface area contributed by atoms with Gasteiger partial charge in [-0.1, -0.05) is 25.4 Å². The SMILES string of the molecule is CCC(CC)(CN)NS(=O)(=O)c1cc(Cl)c(NC(C)=O)cc1F. The van der Waals surface area contributed by atoms with Crippen LogP contribution in [0.15, 0.2) is 17.0 Å². The molecule has 0 aliphatic carbocycles. The maximum atomic E-state index is 14.2. The average Bonchev–Trinajstić information content (AvgIpc) is 2.47. The average molecular weight is 366 g/mol. The summed E-state index contributed by atoms with van der Waals surface area (Å²) in [5.74, 6) is -1.46. The molecule has 0 spiro atoms. The van der Waals surface area contributed by atoms with E-state index in [9.17, 15) is 17.6 Å². The lowest BCUT2D eigenvalue weighted by Crippen LogP contribution is -2.52. The number of sulfonamides is 1. The van der Waals surface area contributed by atoms with Gasteiger partial charge in [-0.05, 0) is 18.9 Å². The summed E-state index contributed by atoms with van der Waals surface area (Å²) in [5.41, 5.74) is 4.82. The van der Waals surface area contributed by atoms with Crippen molar-refractivity contribution in [3.05, 3.63) is 23.0 Å². The highest BCUT2D eigenvalue weighted by Crippen LogP contribution is 2.29. The molecule has 0 saturated heterocycles. The van der Waals surface area contributed by atoms with Gasteiger partial charge in [0.15, 0.2) is 0 Å². The second-order valence-electron chi connectivity index (χ2n) is 5.24. The van der Waals surface area contributed by atoms with Crippen molar-refractivity contribution in [1.29, 1.82) is 0 Å². The van der Waals surface area contributed by atoms with Crippen molar-refractivity contribution < 1.29 is 17.6 Å². The van der Waals surface area contributed by atoms with Crippen LogP contribution in [0, 0.1) is 5.82 Å². The number of carbonyl (C=O) groups is 1. The molecule has 0 aromatic heterocycles. The third-order valence-electron chi connectivity index (χ3n) is 3.72. The molecule has 1 rings (SSSR count). The van der Waals surface area contributed by atoms with Gasteiger partial charge < -0.3 is 11.1 Å². The van der Waals surface area contributed by atoms with Crippen molar-refractivity contribution in [1.82, 2.24) is 4.72 Å². The number of hydrogen-bond acceptors (Lipinski definition) is 4. The topological polar surface area (TPSA) is 101 Å². The van der Waals surface area contributed by atoms with Crippen LogP contribution >= 0.6 is 11.6 Å². The van der Waals surface area contributed by atoms with Gasteiger partial charge in [-0.25, -0.2) is 17.5 Å². The lowest BCUT2D eigenvalue weighted by Gasteiger charge is -2.31. The third-order valence-corrected chi connectivity index (χ3v) is 5.62. The van der Waals surface area contributed by atoms with Gasteiger partial charge in [0.1, 0.15) is 10.7 Å². The van der Waals surface area contributed by atoms with E-state index in [1.807, 2.05) is 0 Å². The van der Waals surface area contributed by atoms with Crippen LogP contribution in [-0.4, -0.2) is 26.4 Å². The van der Waals surface area contributed by atoms with Gasteiger partial charge in [-0.15, -0.1) is 0 Å². The lowest BCUT2D eigenvalue weighted by atomic mass is 9.95. The Hall–Kier alpha value is -1.22. The highest BCUT2D eigenvalue weighted by Gasteiger charge is 2.32. The molecule has 0 bridgehead atoms. The van der Waals surface area contributed by atoms with Gasteiger partial charge in [0.2, 0.25) is 15.9 Å². The van der Waals surface area contributed by atoms with Gasteiger partial charge in [-0.2, -0.15) is 0 Å². The summed E-state index contributed by atoms with van der Waals surface area (Å²) in [7, 11) is -4.15. The Kier molecular flexibility index (Phi) is 6.52. The van der Waals surface area contributed by atoms with Gasteiger partial charge >= 0.3 is 0 Å². The van der Waals surface area contributed by atoms with Crippen molar-refractivity contribution >= 4 is 33.2 Å². The third kappa shape index (κ3) is 4.63. The molecule has 1 aromatic rings. The zero-order valence-corrected chi connectivity index (χ0v) is 14.8. The Labute approximate surface area is 140 Å². The Balaban J connectivity index is 3.29. The van der Waals surface area contributed by atoms with E-state index in [0.717, 1.165) is 12.1 Å². The molecule has 0 aliphatic heterocycles. The van der Waals surface area contributed by atoms with E-state index in [-0.39, 0.29) is 17.3 Å². The fraction of sp³-hybridized carbons (Fsp3) is 0.500. The summed E-state index contributed by atoms with van der Waals surface area (Å²) < 4.78 is 41.6. The Morgan fingerprint density at radius 2 is 1.91 bits per heavy atom. The van der Waals surface area contributed by atoms with Crippen LogP contribution < -0.4 is 15.8 Å². The number of nitrogens with two attached hydrogens (primary N) is 1. The first-order chi connectivity index (χ1) is 10.6. The summed E-state index contributed by atoms with van der Waals surface area (Å²) in [6.45, 7) is 4.90. The molecule has 9 heteroatoms. The molecule has 4 N–H and O–H groups in total. The molecule has 6 nitrogen and oxygen atoms in total. The van der Waals surface area contributed by atoms with E-state index in [4.69, 9.17) is 17.3 Å². The molecule has 0 unspecified atom stereocenters. The molecule has 1 amide bonds. The molecule has 0 saturated carbocycles. The molecule has 130 valence electrons. The number of carbonyl (C=O) groups excluding carboxylic acids is 1. The van der Waals surface area contributed by atoms with E-state index in [1.54, 1.807) is 13.8 Å². The predicted octanol–water partition coefficient (Wildman–Crippen LogP) is 2.23. The first-order valence-electron chi connectivity index (χ1n) is 7.11. The molecule has 1 aromatic carbocycles. The number of halogens is 2. The van der Waals surface area contributed by atoms with Crippen molar-refractivity contribution in [2.75, 3.05) is 11.9 Å². The first-order valence-corrected chi connectivity index (χ1v) is 8.97. The van der Waals surface area contributed by atoms with Crippen LogP contribution in [0.4, 0.5) is 10.1 Å². The maximum Gasteiger partial charge on any atom is 0.244 e. The quantitative estimate of drug-likeness (QED) is 0.689. The summed E-state index contributed by atoms with van der Waals surface area (Å²) in [6.07, 6.45) is 0.914. The van der Waals surface area contributed by atoms with E-state index < -0.39 is 32.2 Å². The minimum absolute atomic E-state index is 0.00619. The lowest BCUT2D eigenvalue weighted by molar-refractivity contribution is -0.114. The zero-order valence-electron chi connectivity index (χ0n) is 13.2. The number of rotatable bonds is 7. The number of anilines is 1. The molecule has 23 heavy (non-hydrogen) atoms. The predicted molar refractivity (Wildman–Crippen MR) is 88.4 cm³/mol. The minimum Gasteiger partial charge on any atom is -0.329 e. The standard InChI is InChI=1S/C14H21ClFN3O3S/c1-4-14(5-2,8-17)19-23(21,22)13-6-10(15)12(7-11(13)16)18-9(3)20/h6-7,19H,4-5,8,17H2,1-3H3,(H,18,20). The van der Waals surface area contributed by atoms with Gasteiger partial charge in [0.25, 0.3) is 0 Å². The molecular weight excluding hydrogens is 345 g/mol.